The molecule has 4 nitrogen and oxygen atoms in total. The quantitative estimate of drug-likeness (QED) is 0.739. The molecule has 0 saturated carbocycles. The molecule has 3 rings (SSSR count). The van der Waals surface area contributed by atoms with Crippen LogP contribution in [0, 0.1) is 0 Å². The molecule has 0 aliphatic carbocycles. The van der Waals surface area contributed by atoms with E-state index in [-0.39, 0.29) is 18.2 Å². The minimum atomic E-state index is -0.149. The van der Waals surface area contributed by atoms with Crippen LogP contribution in [0.15, 0.2) is 42.5 Å². The van der Waals surface area contributed by atoms with Gasteiger partial charge in [-0.1, -0.05) is 53.5 Å². The molecule has 27 heavy (non-hydrogen) atoms. The van der Waals surface area contributed by atoms with Gasteiger partial charge in [0.1, 0.15) is 0 Å². The fourth-order valence-electron chi connectivity index (χ4n) is 3.26. The predicted molar refractivity (Wildman–Crippen MR) is 108 cm³/mol. The molecule has 1 heterocycles. The summed E-state index contributed by atoms with van der Waals surface area (Å²) in [6.45, 7) is 1.89. The second-order valence-corrected chi connectivity index (χ2v) is 7.48. The van der Waals surface area contributed by atoms with Crippen LogP contribution >= 0.6 is 23.2 Å². The summed E-state index contributed by atoms with van der Waals surface area (Å²) in [7, 11) is 0. The zero-order chi connectivity index (χ0) is 19.2. The van der Waals surface area contributed by atoms with Gasteiger partial charge in [-0.3, -0.25) is 9.59 Å². The van der Waals surface area contributed by atoms with Crippen LogP contribution in [0.3, 0.4) is 0 Å². The van der Waals surface area contributed by atoms with Gasteiger partial charge in [0.25, 0.3) is 0 Å². The maximum Gasteiger partial charge on any atom is 0.224 e. The van der Waals surface area contributed by atoms with Crippen LogP contribution in [0.4, 0.5) is 0 Å². The first-order chi connectivity index (χ1) is 13.0. The summed E-state index contributed by atoms with van der Waals surface area (Å²) >= 11 is 12.2. The number of hydrogen-bond donors (Lipinski definition) is 1. The smallest absolute Gasteiger partial charge is 0.224 e. The van der Waals surface area contributed by atoms with Crippen LogP contribution in [-0.2, 0) is 29.0 Å². The van der Waals surface area contributed by atoms with E-state index in [4.69, 9.17) is 23.2 Å². The van der Waals surface area contributed by atoms with Gasteiger partial charge in [0.05, 0.1) is 6.42 Å². The number of nitrogens with zero attached hydrogens (tertiary/aromatic N) is 1. The van der Waals surface area contributed by atoms with Crippen molar-refractivity contribution in [2.24, 2.45) is 0 Å². The Labute approximate surface area is 169 Å². The minimum Gasteiger partial charge on any atom is -0.356 e. The fraction of sp³-hybridized carbons (Fsp3) is 0.333. The lowest BCUT2D eigenvalue weighted by atomic mass is 9.99. The van der Waals surface area contributed by atoms with Crippen LogP contribution in [0.1, 0.15) is 29.5 Å². The van der Waals surface area contributed by atoms with Crippen molar-refractivity contribution in [1.29, 1.82) is 0 Å². The first-order valence-corrected chi connectivity index (χ1v) is 9.84. The first-order valence-electron chi connectivity index (χ1n) is 9.08. The summed E-state index contributed by atoms with van der Waals surface area (Å²) in [6.07, 6.45) is 2.07. The fourth-order valence-corrected chi connectivity index (χ4v) is 3.79. The Morgan fingerprint density at radius 2 is 1.70 bits per heavy atom. The molecule has 0 atom stereocenters. The van der Waals surface area contributed by atoms with E-state index in [1.165, 1.54) is 11.1 Å². The van der Waals surface area contributed by atoms with Crippen molar-refractivity contribution < 1.29 is 9.59 Å². The van der Waals surface area contributed by atoms with Gasteiger partial charge in [0.15, 0.2) is 0 Å². The van der Waals surface area contributed by atoms with Crippen molar-refractivity contribution in [2.75, 3.05) is 13.1 Å². The summed E-state index contributed by atoms with van der Waals surface area (Å²) in [6, 6.07) is 13.4. The third kappa shape index (κ3) is 5.24. The monoisotopic (exact) mass is 404 g/mol. The van der Waals surface area contributed by atoms with E-state index < -0.39 is 0 Å². The number of fused-ring (bicyclic) bond motifs is 1. The summed E-state index contributed by atoms with van der Waals surface area (Å²) in [5.74, 6) is -0.0164. The number of carbonyl (C=O) groups excluding carboxylic acids is 2. The third-order valence-corrected chi connectivity index (χ3v) is 5.48. The number of nitrogens with one attached hydrogen (secondary N) is 1. The van der Waals surface area contributed by atoms with Gasteiger partial charge >= 0.3 is 0 Å². The molecule has 2 aromatic rings. The molecule has 0 radical (unpaired) electrons. The van der Waals surface area contributed by atoms with Crippen LogP contribution in [0.25, 0.3) is 0 Å². The van der Waals surface area contributed by atoms with Gasteiger partial charge in [0.2, 0.25) is 11.8 Å². The Balaban J connectivity index is 1.40. The van der Waals surface area contributed by atoms with Gasteiger partial charge in [-0.25, -0.2) is 0 Å². The van der Waals surface area contributed by atoms with Crippen molar-refractivity contribution >= 4 is 35.0 Å². The highest BCUT2D eigenvalue weighted by Crippen LogP contribution is 2.24. The van der Waals surface area contributed by atoms with Gasteiger partial charge < -0.3 is 10.2 Å². The number of amides is 2. The average molecular weight is 405 g/mol. The number of hydrogen-bond acceptors (Lipinski definition) is 2. The SMILES string of the molecule is O=C(Cc1c(Cl)cccc1Cl)NCCCC(=O)N1CCc2ccccc2C1. The summed E-state index contributed by atoms with van der Waals surface area (Å²) in [5.41, 5.74) is 3.18. The zero-order valence-electron chi connectivity index (χ0n) is 15.0. The van der Waals surface area contributed by atoms with Gasteiger partial charge in [-0.2, -0.15) is 0 Å². The molecule has 1 N–H and O–H groups in total. The molecule has 142 valence electrons. The lowest BCUT2D eigenvalue weighted by Crippen LogP contribution is -2.36. The average Bonchev–Trinajstić information content (AvgIpc) is 2.67. The Hall–Kier alpha value is -2.04. The Kier molecular flexibility index (Phi) is 6.75. The normalized spacial score (nSPS) is 13.2. The molecule has 0 fully saturated rings. The molecule has 2 aromatic carbocycles. The van der Waals surface area contributed by atoms with Gasteiger partial charge in [-0.15, -0.1) is 0 Å². The second-order valence-electron chi connectivity index (χ2n) is 6.66. The molecule has 6 heteroatoms. The van der Waals surface area contributed by atoms with Crippen LogP contribution in [0.2, 0.25) is 10.0 Å². The third-order valence-electron chi connectivity index (χ3n) is 4.77. The van der Waals surface area contributed by atoms with E-state index in [2.05, 4.69) is 17.4 Å². The summed E-state index contributed by atoms with van der Waals surface area (Å²) < 4.78 is 0. The molecule has 1 aliphatic rings. The molecule has 1 aliphatic heterocycles. The van der Waals surface area contributed by atoms with Crippen LogP contribution in [0.5, 0.6) is 0 Å². The molecule has 2 amide bonds. The van der Waals surface area contributed by atoms with Crippen LogP contribution < -0.4 is 5.32 Å². The Bertz CT molecular complexity index is 818. The van der Waals surface area contributed by atoms with Crippen molar-refractivity contribution in [1.82, 2.24) is 10.2 Å². The van der Waals surface area contributed by atoms with E-state index in [1.54, 1.807) is 18.2 Å². The largest absolute Gasteiger partial charge is 0.356 e. The lowest BCUT2D eigenvalue weighted by Gasteiger charge is -2.29. The molecule has 0 bridgehead atoms. The predicted octanol–water partition coefficient (Wildman–Crippen LogP) is 4.02. The molecular formula is C21H22Cl2N2O2. The van der Waals surface area contributed by atoms with Gasteiger partial charge in [-0.05, 0) is 41.7 Å². The number of benzene rings is 2. The summed E-state index contributed by atoms with van der Waals surface area (Å²) in [4.78, 5) is 26.4. The Morgan fingerprint density at radius 1 is 1.00 bits per heavy atom. The number of carbonyl (C=O) groups is 2. The maximum absolute atomic E-state index is 12.4. The highest BCUT2D eigenvalue weighted by Gasteiger charge is 2.19. The summed E-state index contributed by atoms with van der Waals surface area (Å²) in [5, 5.41) is 3.80. The first kappa shape index (κ1) is 19.7. The second kappa shape index (κ2) is 9.25. The zero-order valence-corrected chi connectivity index (χ0v) is 16.5. The highest BCUT2D eigenvalue weighted by atomic mass is 35.5. The topological polar surface area (TPSA) is 49.4 Å². The van der Waals surface area contributed by atoms with E-state index in [1.807, 2.05) is 17.0 Å². The van der Waals surface area contributed by atoms with Crippen LogP contribution in [-0.4, -0.2) is 29.8 Å². The van der Waals surface area contributed by atoms with Crippen molar-refractivity contribution in [3.05, 3.63) is 69.2 Å². The minimum absolute atomic E-state index is 0.132. The van der Waals surface area contributed by atoms with Crippen molar-refractivity contribution in [3.63, 3.8) is 0 Å². The molecule has 0 saturated heterocycles. The van der Waals surface area contributed by atoms with E-state index in [9.17, 15) is 9.59 Å². The molecular weight excluding hydrogens is 383 g/mol. The van der Waals surface area contributed by atoms with Crippen molar-refractivity contribution in [3.8, 4) is 0 Å². The molecule has 0 spiro atoms. The highest BCUT2D eigenvalue weighted by molar-refractivity contribution is 6.36. The van der Waals surface area contributed by atoms with Crippen molar-refractivity contribution in [2.45, 2.75) is 32.2 Å². The molecule has 0 aromatic heterocycles. The number of rotatable bonds is 6. The lowest BCUT2D eigenvalue weighted by molar-refractivity contribution is -0.132. The van der Waals surface area contributed by atoms with E-state index >= 15 is 0 Å². The standard InChI is InChI=1S/C21H22Cl2N2O2/c22-18-7-3-8-19(23)17(18)13-20(26)24-11-4-9-21(27)25-12-10-15-5-1-2-6-16(15)14-25/h1-3,5-8H,4,9-14H2,(H,24,26). The Morgan fingerprint density at radius 3 is 2.44 bits per heavy atom. The molecule has 0 unspecified atom stereocenters. The van der Waals surface area contributed by atoms with Gasteiger partial charge in [0, 0.05) is 36.1 Å². The number of halogens is 2. The van der Waals surface area contributed by atoms with E-state index in [0.29, 0.717) is 41.5 Å². The maximum atomic E-state index is 12.4. The van der Waals surface area contributed by atoms with E-state index in [0.717, 1.165) is 13.0 Å².